The van der Waals surface area contributed by atoms with E-state index in [-0.39, 0.29) is 84.7 Å². The number of ketones is 1. The topological polar surface area (TPSA) is 164 Å². The number of thiocarbonyl (C=S) groups is 2. The SMILES string of the molecule is CC[C@@H](C)C(=S)N[C@H]1CCS[C@H]2CC(C)(C)[C@@H](C(=O)N[C@H](C(=O)N3CCN(C(=O)[C@@H](CC(=O)[C@H]4N5C(=O)[C@@H](NC(=S)[C@H](C)NC)CCS[C@H]5CC4(C)C)c4ccccc4)CC3)c3ccccc3)N2C1=O. The molecule has 0 unspecified atom stereocenters. The third-order valence-corrected chi connectivity index (χ3v) is 18.6. The molecule has 18 heteroatoms. The Morgan fingerprint density at radius 3 is 1.69 bits per heavy atom. The Morgan fingerprint density at radius 2 is 1.17 bits per heavy atom. The Kier molecular flexibility index (Phi) is 17.5. The molecule has 10 atom stereocenters. The van der Waals surface area contributed by atoms with Crippen molar-refractivity contribution in [1.29, 1.82) is 0 Å². The van der Waals surface area contributed by atoms with E-state index in [4.69, 9.17) is 24.4 Å². The quantitative estimate of drug-likeness (QED) is 0.162. The molecule has 2 aromatic carbocycles. The highest BCUT2D eigenvalue weighted by molar-refractivity contribution is 8.00. The van der Waals surface area contributed by atoms with Gasteiger partial charge < -0.3 is 40.9 Å². The summed E-state index contributed by atoms with van der Waals surface area (Å²) in [7, 11) is 1.82. The van der Waals surface area contributed by atoms with Crippen molar-refractivity contribution < 1.29 is 28.8 Å². The second-order valence-corrected chi connectivity index (χ2v) is 24.4. The van der Waals surface area contributed by atoms with E-state index >= 15 is 0 Å². The smallest absolute Gasteiger partial charge is 0.249 e. The van der Waals surface area contributed by atoms with Gasteiger partial charge in [0, 0.05) is 38.5 Å². The zero-order valence-corrected chi connectivity index (χ0v) is 45.2. The van der Waals surface area contributed by atoms with Gasteiger partial charge in [-0.1, -0.05) is 127 Å². The molecule has 5 heterocycles. The average Bonchev–Trinajstić information content (AvgIpc) is 3.67. The van der Waals surface area contributed by atoms with Gasteiger partial charge in [-0.2, -0.15) is 0 Å². The summed E-state index contributed by atoms with van der Waals surface area (Å²) in [5.41, 5.74) is 0.197. The van der Waals surface area contributed by atoms with Crippen molar-refractivity contribution in [2.24, 2.45) is 16.7 Å². The molecule has 380 valence electrons. The van der Waals surface area contributed by atoms with Crippen LogP contribution in [0.25, 0.3) is 0 Å². The molecule has 5 fully saturated rings. The molecule has 4 N–H and O–H groups in total. The molecule has 70 heavy (non-hydrogen) atoms. The van der Waals surface area contributed by atoms with Gasteiger partial charge in [-0.05, 0) is 79.5 Å². The molecule has 7 rings (SSSR count). The molecule has 5 saturated heterocycles. The molecule has 0 bridgehead atoms. The maximum atomic E-state index is 14.9. The number of nitrogens with one attached hydrogen (secondary N) is 4. The Morgan fingerprint density at radius 1 is 0.700 bits per heavy atom. The van der Waals surface area contributed by atoms with Crippen LogP contribution in [0.1, 0.15) is 110 Å². The van der Waals surface area contributed by atoms with Gasteiger partial charge in [-0.3, -0.25) is 28.8 Å². The predicted molar refractivity (Wildman–Crippen MR) is 286 cm³/mol. The fourth-order valence-corrected chi connectivity index (χ4v) is 14.5. The number of carbonyl (C=O) groups is 6. The lowest BCUT2D eigenvalue weighted by atomic mass is 9.79. The standard InChI is InChI=1S/C52H72N8O6S4/c1-9-31(2)45(67)54-36-20-26-70-40-30-52(6,7)43(60(40)49(36)65)44(62)56-41(34-18-14-11-15-19-34)50(66)58-24-22-57(23-25-58)47(63)35(33-16-12-10-13-17-33)28-38(61)42-51(4,5)29-39-59(42)48(64)37(21-27-69-39)55-46(68)32(3)53-8/h10-19,31-32,35-37,39-43,53H,9,20-30H2,1-8H3,(H,54,67)(H,55,68)(H,56,62)/t31-,32+,35+,36+,37+,39+,40+,41+,42-,43-/m1/s1. The summed E-state index contributed by atoms with van der Waals surface area (Å²) in [6.45, 7) is 15.0. The van der Waals surface area contributed by atoms with E-state index in [2.05, 4.69) is 28.2 Å². The first-order valence-electron chi connectivity index (χ1n) is 24.9. The summed E-state index contributed by atoms with van der Waals surface area (Å²) in [6, 6.07) is 14.6. The number of amides is 5. The molecular weight excluding hydrogens is 961 g/mol. The van der Waals surface area contributed by atoms with Gasteiger partial charge in [-0.25, -0.2) is 0 Å². The van der Waals surface area contributed by atoms with E-state index in [0.29, 0.717) is 46.8 Å². The van der Waals surface area contributed by atoms with Crippen molar-refractivity contribution in [2.45, 2.75) is 140 Å². The van der Waals surface area contributed by atoms with Gasteiger partial charge in [-0.15, -0.1) is 23.5 Å². The van der Waals surface area contributed by atoms with E-state index in [1.54, 1.807) is 43.1 Å². The summed E-state index contributed by atoms with van der Waals surface area (Å²) in [6.07, 6.45) is 3.19. The first-order chi connectivity index (χ1) is 33.3. The van der Waals surface area contributed by atoms with Crippen molar-refractivity contribution >= 4 is 93.3 Å². The van der Waals surface area contributed by atoms with Gasteiger partial charge in [0.25, 0.3) is 0 Å². The highest BCUT2D eigenvalue weighted by Gasteiger charge is 2.56. The van der Waals surface area contributed by atoms with Crippen LogP contribution in [0.5, 0.6) is 0 Å². The highest BCUT2D eigenvalue weighted by Crippen LogP contribution is 2.48. The lowest BCUT2D eigenvalue weighted by Crippen LogP contribution is -2.59. The molecule has 0 saturated carbocycles. The van der Waals surface area contributed by atoms with Crippen LogP contribution in [0.3, 0.4) is 0 Å². The fraction of sp³-hybridized carbons (Fsp3) is 0.615. The van der Waals surface area contributed by atoms with Crippen LogP contribution >= 0.6 is 48.0 Å². The minimum absolute atomic E-state index is 0.0928. The zero-order valence-electron chi connectivity index (χ0n) is 41.9. The summed E-state index contributed by atoms with van der Waals surface area (Å²) in [5, 5.41) is 12.5. The highest BCUT2D eigenvalue weighted by atomic mass is 32.2. The minimum atomic E-state index is -1.04. The van der Waals surface area contributed by atoms with Crippen molar-refractivity contribution in [3.8, 4) is 0 Å². The fourth-order valence-electron chi connectivity index (χ4n) is 10.8. The number of rotatable bonds is 15. The first-order valence-corrected chi connectivity index (χ1v) is 27.9. The number of thioether (sulfide) groups is 2. The van der Waals surface area contributed by atoms with E-state index < -0.39 is 52.9 Å². The molecule has 0 aromatic heterocycles. The number of nitrogens with zero attached hydrogens (tertiary/aromatic N) is 4. The summed E-state index contributed by atoms with van der Waals surface area (Å²) >= 11 is 14.7. The van der Waals surface area contributed by atoms with Gasteiger partial charge in [0.1, 0.15) is 24.2 Å². The summed E-state index contributed by atoms with van der Waals surface area (Å²) < 4.78 is 0. The summed E-state index contributed by atoms with van der Waals surface area (Å²) in [5.74, 6) is -0.609. The number of likely N-dealkylation sites (N-methyl/N-ethyl adjacent to an activating group) is 1. The zero-order chi connectivity index (χ0) is 50.7. The average molecular weight is 1030 g/mol. The molecular formula is C52H72N8O6S4. The lowest BCUT2D eigenvalue weighted by Gasteiger charge is -2.39. The second kappa shape index (κ2) is 22.8. The number of Topliss-reactive ketones (excluding diaryl/α,β-unsaturated/α-hetero) is 1. The molecule has 2 aromatic rings. The van der Waals surface area contributed by atoms with Crippen LogP contribution < -0.4 is 21.3 Å². The molecule has 5 aliphatic rings. The van der Waals surface area contributed by atoms with E-state index in [0.717, 1.165) is 17.9 Å². The monoisotopic (exact) mass is 1030 g/mol. The minimum Gasteiger partial charge on any atom is -0.368 e. The van der Waals surface area contributed by atoms with Crippen LogP contribution in [0.4, 0.5) is 0 Å². The number of hydrogen-bond donors (Lipinski definition) is 4. The van der Waals surface area contributed by atoms with Crippen molar-refractivity contribution in [3.05, 3.63) is 71.8 Å². The molecule has 5 aliphatic heterocycles. The molecule has 5 amide bonds. The van der Waals surface area contributed by atoms with Gasteiger partial charge in [0.05, 0.1) is 38.7 Å². The van der Waals surface area contributed by atoms with Crippen LogP contribution in [0.15, 0.2) is 60.7 Å². The van der Waals surface area contributed by atoms with E-state index in [1.165, 1.54) is 0 Å². The summed E-state index contributed by atoms with van der Waals surface area (Å²) in [4.78, 5) is 96.1. The third-order valence-electron chi connectivity index (χ3n) is 15.1. The van der Waals surface area contributed by atoms with Gasteiger partial charge in [0.15, 0.2) is 5.78 Å². The maximum absolute atomic E-state index is 14.9. The van der Waals surface area contributed by atoms with Crippen molar-refractivity contribution in [3.63, 3.8) is 0 Å². The lowest BCUT2D eigenvalue weighted by molar-refractivity contribution is -0.146. The molecule has 14 nitrogen and oxygen atoms in total. The maximum Gasteiger partial charge on any atom is 0.249 e. The second-order valence-electron chi connectivity index (χ2n) is 21.0. The number of hydrogen-bond acceptors (Lipinski definition) is 11. The predicted octanol–water partition coefficient (Wildman–Crippen LogP) is 5.66. The number of fused-ring (bicyclic) bond motifs is 2. The first kappa shape index (κ1) is 53.7. The normalized spacial score (nSPS) is 26.9. The largest absolute Gasteiger partial charge is 0.368 e. The van der Waals surface area contributed by atoms with Gasteiger partial charge >= 0.3 is 0 Å². The van der Waals surface area contributed by atoms with Crippen LogP contribution in [-0.4, -0.2) is 151 Å². The molecule has 0 spiro atoms. The van der Waals surface area contributed by atoms with Gasteiger partial charge in [0.2, 0.25) is 29.5 Å². The number of carbonyl (C=O) groups excluding carboxylic acids is 6. The van der Waals surface area contributed by atoms with Crippen molar-refractivity contribution in [1.82, 2.24) is 40.9 Å². The molecule has 0 aliphatic carbocycles. The van der Waals surface area contributed by atoms with E-state index in [1.807, 2.05) is 109 Å². The number of benzene rings is 2. The number of piperazine rings is 1. The third kappa shape index (κ3) is 11.6. The van der Waals surface area contributed by atoms with E-state index in [9.17, 15) is 28.8 Å². The Bertz CT molecular complexity index is 2120. The Labute approximate surface area is 433 Å². The van der Waals surface area contributed by atoms with Crippen LogP contribution in [0.2, 0.25) is 0 Å². The Hall–Kier alpha value is -4.10. The van der Waals surface area contributed by atoms with Crippen molar-refractivity contribution in [2.75, 3.05) is 44.7 Å². The van der Waals surface area contributed by atoms with Crippen LogP contribution in [0, 0.1) is 16.7 Å². The van der Waals surface area contributed by atoms with Crippen LogP contribution in [-0.2, 0) is 28.8 Å². The Balaban J connectivity index is 1.06. The molecule has 0 radical (unpaired) electrons.